The minimum absolute atomic E-state index is 0.339. The summed E-state index contributed by atoms with van der Waals surface area (Å²) in [5, 5.41) is 12.2. The second kappa shape index (κ2) is 11.9. The van der Waals surface area contributed by atoms with Crippen LogP contribution in [0.5, 0.6) is 0 Å². The molecule has 130 valence electrons. The molecule has 0 amide bonds. The van der Waals surface area contributed by atoms with E-state index in [4.69, 9.17) is 5.11 Å². The highest BCUT2D eigenvalue weighted by molar-refractivity contribution is 5.66. The third-order valence-corrected chi connectivity index (χ3v) is 5.45. The van der Waals surface area contributed by atoms with Crippen LogP contribution in [-0.2, 0) is 4.79 Å². The molecule has 0 radical (unpaired) electrons. The maximum Gasteiger partial charge on any atom is 0.303 e. The van der Waals surface area contributed by atoms with Crippen molar-refractivity contribution in [1.82, 2.24) is 5.32 Å². The molecule has 0 aromatic carbocycles. The first kappa shape index (κ1) is 19.5. The van der Waals surface area contributed by atoms with Gasteiger partial charge in [-0.05, 0) is 44.6 Å². The van der Waals surface area contributed by atoms with Crippen molar-refractivity contribution >= 4 is 5.97 Å². The number of hydrogen-bond donors (Lipinski definition) is 2. The summed E-state index contributed by atoms with van der Waals surface area (Å²) < 4.78 is 0. The first-order valence-corrected chi connectivity index (χ1v) is 9.58. The third-order valence-electron chi connectivity index (χ3n) is 5.45. The van der Waals surface area contributed by atoms with Crippen LogP contribution in [0, 0.1) is 11.8 Å². The van der Waals surface area contributed by atoms with Gasteiger partial charge in [0.2, 0.25) is 0 Å². The lowest BCUT2D eigenvalue weighted by molar-refractivity contribution is -0.137. The monoisotopic (exact) mass is 311 g/mol. The fraction of sp³-hybridized carbons (Fsp3) is 0.947. The van der Waals surface area contributed by atoms with Crippen LogP contribution in [0.2, 0.25) is 0 Å². The van der Waals surface area contributed by atoms with Crippen LogP contribution in [0.4, 0.5) is 0 Å². The normalized spacial score (nSPS) is 24.7. The highest BCUT2D eigenvalue weighted by Gasteiger charge is 2.33. The zero-order valence-electron chi connectivity index (χ0n) is 14.8. The lowest BCUT2D eigenvalue weighted by Gasteiger charge is -2.25. The fourth-order valence-corrected chi connectivity index (χ4v) is 4.15. The number of carbonyl (C=O) groups is 1. The van der Waals surface area contributed by atoms with Gasteiger partial charge in [-0.15, -0.1) is 0 Å². The second-order valence-corrected chi connectivity index (χ2v) is 7.09. The van der Waals surface area contributed by atoms with Crippen molar-refractivity contribution in [3.05, 3.63) is 0 Å². The van der Waals surface area contributed by atoms with Gasteiger partial charge in [0.1, 0.15) is 0 Å². The fourth-order valence-electron chi connectivity index (χ4n) is 4.15. The van der Waals surface area contributed by atoms with E-state index in [9.17, 15) is 4.79 Å². The number of unbranched alkanes of at least 4 members (excludes halogenated alkanes) is 6. The molecule has 1 saturated carbocycles. The van der Waals surface area contributed by atoms with Crippen LogP contribution in [0.15, 0.2) is 0 Å². The molecule has 3 nitrogen and oxygen atoms in total. The van der Waals surface area contributed by atoms with Gasteiger partial charge in [-0.2, -0.15) is 0 Å². The maximum atomic E-state index is 10.5. The van der Waals surface area contributed by atoms with Crippen molar-refractivity contribution < 1.29 is 9.90 Å². The number of carboxylic acids is 1. The van der Waals surface area contributed by atoms with E-state index >= 15 is 0 Å². The van der Waals surface area contributed by atoms with Crippen LogP contribution in [0.25, 0.3) is 0 Å². The van der Waals surface area contributed by atoms with Gasteiger partial charge in [0.15, 0.2) is 0 Å². The largest absolute Gasteiger partial charge is 0.481 e. The van der Waals surface area contributed by atoms with Crippen LogP contribution in [0.1, 0.15) is 90.4 Å². The Labute approximate surface area is 137 Å². The van der Waals surface area contributed by atoms with Crippen molar-refractivity contribution in [1.29, 1.82) is 0 Å². The average Bonchev–Trinajstić information content (AvgIpc) is 2.88. The molecular weight excluding hydrogens is 274 g/mol. The number of carboxylic acid groups (broad SMARTS) is 1. The van der Waals surface area contributed by atoms with Crippen molar-refractivity contribution in [2.45, 2.75) is 96.4 Å². The summed E-state index contributed by atoms with van der Waals surface area (Å²) in [4.78, 5) is 10.5. The summed E-state index contributed by atoms with van der Waals surface area (Å²) in [6, 6.07) is 0.748. The van der Waals surface area contributed by atoms with Gasteiger partial charge in [0.05, 0.1) is 0 Å². The molecule has 3 unspecified atom stereocenters. The average molecular weight is 312 g/mol. The van der Waals surface area contributed by atoms with Crippen molar-refractivity contribution in [3.63, 3.8) is 0 Å². The molecule has 1 fully saturated rings. The highest BCUT2D eigenvalue weighted by Crippen LogP contribution is 2.38. The Bertz CT molecular complexity index is 293. The smallest absolute Gasteiger partial charge is 0.303 e. The Morgan fingerprint density at radius 2 is 1.68 bits per heavy atom. The van der Waals surface area contributed by atoms with E-state index in [2.05, 4.69) is 19.3 Å². The van der Waals surface area contributed by atoms with Crippen LogP contribution in [0.3, 0.4) is 0 Å². The van der Waals surface area contributed by atoms with E-state index < -0.39 is 5.97 Å². The first-order valence-electron chi connectivity index (χ1n) is 9.58. The third kappa shape index (κ3) is 7.62. The SMILES string of the molecule is CCCCCC1C(CCCCCCCC(=O)O)CCC1NC. The van der Waals surface area contributed by atoms with E-state index in [1.54, 1.807) is 0 Å². The molecular formula is C19H37NO2. The predicted octanol–water partition coefficient (Wildman–Crippen LogP) is 5.00. The molecule has 1 rings (SSSR count). The van der Waals surface area contributed by atoms with Crippen LogP contribution < -0.4 is 5.32 Å². The molecule has 3 heteroatoms. The molecule has 0 saturated heterocycles. The molecule has 0 heterocycles. The zero-order valence-corrected chi connectivity index (χ0v) is 14.8. The lowest BCUT2D eigenvalue weighted by atomic mass is 9.85. The second-order valence-electron chi connectivity index (χ2n) is 7.09. The summed E-state index contributed by atoms with van der Waals surface area (Å²) in [7, 11) is 2.13. The van der Waals surface area contributed by atoms with Crippen LogP contribution >= 0.6 is 0 Å². The Balaban J connectivity index is 2.15. The van der Waals surface area contributed by atoms with Gasteiger partial charge < -0.3 is 10.4 Å². The molecule has 3 atom stereocenters. The zero-order chi connectivity index (χ0) is 16.2. The van der Waals surface area contributed by atoms with Gasteiger partial charge in [0.25, 0.3) is 0 Å². The summed E-state index contributed by atoms with van der Waals surface area (Å²) >= 11 is 0. The van der Waals surface area contributed by atoms with E-state index in [0.29, 0.717) is 6.42 Å². The maximum absolute atomic E-state index is 10.5. The molecule has 22 heavy (non-hydrogen) atoms. The van der Waals surface area contributed by atoms with Crippen molar-refractivity contribution in [2.75, 3.05) is 7.05 Å². The first-order chi connectivity index (χ1) is 10.7. The summed E-state index contributed by atoms with van der Waals surface area (Å²) in [5.74, 6) is 1.16. The number of aliphatic carboxylic acids is 1. The lowest BCUT2D eigenvalue weighted by Crippen LogP contribution is -2.31. The quantitative estimate of drug-likeness (QED) is 0.471. The summed E-state index contributed by atoms with van der Waals surface area (Å²) in [6.07, 6.45) is 15.7. The predicted molar refractivity (Wildman–Crippen MR) is 93.2 cm³/mol. The van der Waals surface area contributed by atoms with Gasteiger partial charge in [-0.3, -0.25) is 4.79 Å². The van der Waals surface area contributed by atoms with Crippen molar-refractivity contribution in [3.8, 4) is 0 Å². The molecule has 1 aliphatic rings. The van der Waals surface area contributed by atoms with Gasteiger partial charge in [0, 0.05) is 12.5 Å². The molecule has 0 aromatic heterocycles. The summed E-state index contributed by atoms with van der Waals surface area (Å²) in [6.45, 7) is 2.28. The molecule has 2 N–H and O–H groups in total. The van der Waals surface area contributed by atoms with Crippen LogP contribution in [-0.4, -0.2) is 24.2 Å². The van der Waals surface area contributed by atoms with E-state index in [1.165, 1.54) is 64.2 Å². The number of hydrogen-bond acceptors (Lipinski definition) is 2. The minimum Gasteiger partial charge on any atom is -0.481 e. The molecule has 1 aliphatic carbocycles. The Morgan fingerprint density at radius 1 is 1.00 bits per heavy atom. The topological polar surface area (TPSA) is 49.3 Å². The molecule has 0 bridgehead atoms. The van der Waals surface area contributed by atoms with Crippen molar-refractivity contribution in [2.24, 2.45) is 11.8 Å². The van der Waals surface area contributed by atoms with E-state index in [-0.39, 0.29) is 0 Å². The summed E-state index contributed by atoms with van der Waals surface area (Å²) in [5.41, 5.74) is 0. The van der Waals surface area contributed by atoms with Gasteiger partial charge in [-0.25, -0.2) is 0 Å². The van der Waals surface area contributed by atoms with Gasteiger partial charge >= 0.3 is 5.97 Å². The molecule has 0 aliphatic heterocycles. The Kier molecular flexibility index (Phi) is 10.6. The Hall–Kier alpha value is -0.570. The van der Waals surface area contributed by atoms with E-state index in [1.807, 2.05) is 0 Å². The number of rotatable bonds is 13. The standard InChI is InChI=1S/C19H37NO2/c1-3-4-8-12-17-16(14-15-18(17)20-2)11-9-6-5-7-10-13-19(21)22/h16-18,20H,3-15H2,1-2H3,(H,21,22). The molecule has 0 aromatic rings. The minimum atomic E-state index is -0.654. The number of nitrogens with one attached hydrogen (secondary N) is 1. The Morgan fingerprint density at radius 3 is 2.36 bits per heavy atom. The van der Waals surface area contributed by atoms with E-state index in [0.717, 1.165) is 30.7 Å². The highest BCUT2D eigenvalue weighted by atomic mass is 16.4. The van der Waals surface area contributed by atoms with Gasteiger partial charge in [-0.1, -0.05) is 58.3 Å². The molecule has 0 spiro atoms.